The second-order valence-corrected chi connectivity index (χ2v) is 7.47. The average molecular weight is 341 g/mol. The molecule has 0 amide bonds. The van der Waals surface area contributed by atoms with E-state index in [0.717, 1.165) is 41.5 Å². The Kier molecular flexibility index (Phi) is 6.16. The third kappa shape index (κ3) is 4.18. The van der Waals surface area contributed by atoms with Gasteiger partial charge in [-0.1, -0.05) is 39.8 Å². The van der Waals surface area contributed by atoms with Gasteiger partial charge >= 0.3 is 0 Å². The molecule has 136 valence electrons. The van der Waals surface area contributed by atoms with Crippen molar-refractivity contribution < 1.29 is 10.2 Å². The normalized spacial score (nSPS) is 13.7. The number of phenolic OH excluding ortho intramolecular Hbond substituents is 2. The smallest absolute Gasteiger partial charge is 0.119 e. The van der Waals surface area contributed by atoms with Crippen LogP contribution in [0.1, 0.15) is 85.8 Å². The van der Waals surface area contributed by atoms with Gasteiger partial charge in [0.15, 0.2) is 0 Å². The summed E-state index contributed by atoms with van der Waals surface area (Å²) in [6, 6.07) is 8.10. The number of hydrogen-bond donors (Lipinski definition) is 2. The highest BCUT2D eigenvalue weighted by Crippen LogP contribution is 2.34. The lowest BCUT2D eigenvalue weighted by Crippen LogP contribution is -2.01. The lowest BCUT2D eigenvalue weighted by Gasteiger charge is -2.18. The summed E-state index contributed by atoms with van der Waals surface area (Å²) in [6.45, 7) is 12.7. The zero-order valence-corrected chi connectivity index (χ0v) is 16.5. The first-order valence-electron chi connectivity index (χ1n) is 9.43. The van der Waals surface area contributed by atoms with E-state index in [4.69, 9.17) is 0 Å². The van der Waals surface area contributed by atoms with E-state index in [1.165, 1.54) is 11.1 Å². The van der Waals surface area contributed by atoms with Crippen LogP contribution >= 0.6 is 0 Å². The van der Waals surface area contributed by atoms with Gasteiger partial charge in [-0.05, 0) is 90.5 Å². The molecule has 2 rings (SSSR count). The van der Waals surface area contributed by atoms with E-state index in [-0.39, 0.29) is 0 Å². The lowest BCUT2D eigenvalue weighted by atomic mass is 9.88. The van der Waals surface area contributed by atoms with Crippen LogP contribution in [0.2, 0.25) is 0 Å². The topological polar surface area (TPSA) is 40.5 Å². The molecule has 0 saturated carbocycles. The van der Waals surface area contributed by atoms with Gasteiger partial charge in [0.25, 0.3) is 0 Å². The van der Waals surface area contributed by atoms with Gasteiger partial charge in [-0.3, -0.25) is 0 Å². The fourth-order valence-electron chi connectivity index (χ4n) is 3.33. The van der Waals surface area contributed by atoms with Crippen molar-refractivity contribution in [1.82, 2.24) is 0 Å². The predicted molar refractivity (Wildman–Crippen MR) is 106 cm³/mol. The monoisotopic (exact) mass is 340 g/mol. The summed E-state index contributed by atoms with van der Waals surface area (Å²) in [6.07, 6.45) is 2.84. The lowest BCUT2D eigenvalue weighted by molar-refractivity contribution is 0.461. The summed E-state index contributed by atoms with van der Waals surface area (Å²) in [5.41, 5.74) is 6.78. The number of aromatic hydroxyl groups is 2. The van der Waals surface area contributed by atoms with Crippen molar-refractivity contribution in [1.29, 1.82) is 0 Å². The Morgan fingerprint density at radius 3 is 1.40 bits per heavy atom. The van der Waals surface area contributed by atoms with Crippen molar-refractivity contribution in [3.63, 3.8) is 0 Å². The number of aryl methyl sites for hydroxylation is 2. The highest BCUT2D eigenvalue weighted by Gasteiger charge is 2.15. The third-order valence-electron chi connectivity index (χ3n) is 5.64. The molecule has 2 aromatic rings. The first-order valence-corrected chi connectivity index (χ1v) is 9.43. The molecule has 25 heavy (non-hydrogen) atoms. The molecule has 2 heteroatoms. The van der Waals surface area contributed by atoms with Gasteiger partial charge in [0.2, 0.25) is 0 Å². The first kappa shape index (κ1) is 19.4. The fraction of sp³-hybridized carbons (Fsp3) is 0.478. The molecule has 0 bridgehead atoms. The van der Waals surface area contributed by atoms with Crippen molar-refractivity contribution in [2.24, 2.45) is 0 Å². The molecular formula is C23H32O2. The maximum absolute atomic E-state index is 10.3. The molecule has 0 heterocycles. The van der Waals surface area contributed by atoms with Gasteiger partial charge in [0.05, 0.1) is 0 Å². The van der Waals surface area contributed by atoms with Crippen LogP contribution in [0.25, 0.3) is 0 Å². The molecule has 2 unspecified atom stereocenters. The van der Waals surface area contributed by atoms with Crippen molar-refractivity contribution in [3.8, 4) is 11.5 Å². The summed E-state index contributed by atoms with van der Waals surface area (Å²) in [4.78, 5) is 0. The Morgan fingerprint density at radius 2 is 1.08 bits per heavy atom. The van der Waals surface area contributed by atoms with E-state index in [9.17, 15) is 10.2 Å². The average Bonchev–Trinajstić information content (AvgIpc) is 2.57. The maximum atomic E-state index is 10.3. The zero-order chi connectivity index (χ0) is 18.7. The molecule has 0 aromatic heterocycles. The van der Waals surface area contributed by atoms with Crippen molar-refractivity contribution >= 4 is 0 Å². The first-order chi connectivity index (χ1) is 11.8. The van der Waals surface area contributed by atoms with E-state index in [1.54, 1.807) is 0 Å². The van der Waals surface area contributed by atoms with Crippen LogP contribution in [0.3, 0.4) is 0 Å². The zero-order valence-electron chi connectivity index (χ0n) is 16.5. The van der Waals surface area contributed by atoms with Gasteiger partial charge in [-0.2, -0.15) is 0 Å². The summed E-state index contributed by atoms with van der Waals surface area (Å²) in [5.74, 6) is 1.49. The minimum atomic E-state index is 0.343. The Bertz CT molecular complexity index is 683. The highest BCUT2D eigenvalue weighted by atomic mass is 16.3. The van der Waals surface area contributed by atoms with Crippen LogP contribution in [0.4, 0.5) is 0 Å². The fourth-order valence-corrected chi connectivity index (χ4v) is 3.33. The van der Waals surface area contributed by atoms with Crippen LogP contribution in [-0.4, -0.2) is 10.2 Å². The molecule has 0 aliphatic heterocycles. The van der Waals surface area contributed by atoms with E-state index < -0.39 is 0 Å². The van der Waals surface area contributed by atoms with Crippen LogP contribution in [0.5, 0.6) is 11.5 Å². The summed E-state index contributed by atoms with van der Waals surface area (Å²) < 4.78 is 0. The summed E-state index contributed by atoms with van der Waals surface area (Å²) in [5, 5.41) is 20.6. The van der Waals surface area contributed by atoms with Gasteiger partial charge in [0, 0.05) is 0 Å². The second-order valence-electron chi connectivity index (χ2n) is 7.47. The molecule has 2 nitrogen and oxygen atoms in total. The molecule has 0 aliphatic rings. The number of rotatable bonds is 6. The quantitative estimate of drug-likeness (QED) is 0.645. The molecule has 2 aromatic carbocycles. The van der Waals surface area contributed by atoms with Gasteiger partial charge in [-0.15, -0.1) is 0 Å². The minimum Gasteiger partial charge on any atom is -0.508 e. The van der Waals surface area contributed by atoms with Gasteiger partial charge in [-0.25, -0.2) is 0 Å². The van der Waals surface area contributed by atoms with Crippen molar-refractivity contribution in [2.45, 2.75) is 72.6 Å². The third-order valence-corrected chi connectivity index (χ3v) is 5.64. The van der Waals surface area contributed by atoms with Crippen molar-refractivity contribution in [2.75, 3.05) is 0 Å². The molecule has 2 atom stereocenters. The standard InChI is InChI=1S/C23H32O2/c1-7-14(3)20-12-18(16(5)9-22(20)24)11-19-13-21(15(4)8-2)23(25)10-17(19)6/h9-10,12-15,24-25H,7-8,11H2,1-6H3. The van der Waals surface area contributed by atoms with Gasteiger partial charge in [0.1, 0.15) is 11.5 Å². The minimum absolute atomic E-state index is 0.343. The molecule has 0 fully saturated rings. The molecule has 2 N–H and O–H groups in total. The molecular weight excluding hydrogens is 308 g/mol. The predicted octanol–water partition coefficient (Wildman–Crippen LogP) is 6.33. The molecule has 0 spiro atoms. The molecule has 0 saturated heterocycles. The maximum Gasteiger partial charge on any atom is 0.119 e. The van der Waals surface area contributed by atoms with E-state index in [2.05, 4.69) is 53.7 Å². The van der Waals surface area contributed by atoms with E-state index >= 15 is 0 Å². The molecule has 0 aliphatic carbocycles. The number of benzene rings is 2. The van der Waals surface area contributed by atoms with Crippen LogP contribution in [0.15, 0.2) is 24.3 Å². The Morgan fingerprint density at radius 1 is 0.720 bits per heavy atom. The molecule has 0 radical (unpaired) electrons. The Balaban J connectivity index is 2.46. The van der Waals surface area contributed by atoms with E-state index in [1.807, 2.05) is 12.1 Å². The largest absolute Gasteiger partial charge is 0.508 e. The van der Waals surface area contributed by atoms with Crippen LogP contribution < -0.4 is 0 Å². The summed E-state index contributed by atoms with van der Waals surface area (Å²) in [7, 11) is 0. The SMILES string of the molecule is CCC(C)c1cc(Cc2cc(C(C)CC)c(O)cc2C)c(C)cc1O. The number of phenols is 2. The van der Waals surface area contributed by atoms with Crippen molar-refractivity contribution in [3.05, 3.63) is 57.6 Å². The summed E-state index contributed by atoms with van der Waals surface area (Å²) >= 11 is 0. The highest BCUT2D eigenvalue weighted by molar-refractivity contribution is 5.48. The second kappa shape index (κ2) is 7.95. The van der Waals surface area contributed by atoms with Gasteiger partial charge < -0.3 is 10.2 Å². The number of hydrogen-bond acceptors (Lipinski definition) is 2. The van der Waals surface area contributed by atoms with Crippen LogP contribution in [0, 0.1) is 13.8 Å². The Hall–Kier alpha value is -1.96. The van der Waals surface area contributed by atoms with E-state index in [0.29, 0.717) is 23.3 Å². The Labute approximate surface area is 152 Å². The van der Waals surface area contributed by atoms with Crippen LogP contribution in [-0.2, 0) is 6.42 Å².